The van der Waals surface area contributed by atoms with Gasteiger partial charge < -0.3 is 5.11 Å². The summed E-state index contributed by atoms with van der Waals surface area (Å²) in [5.74, 6) is -0.498. The van der Waals surface area contributed by atoms with Crippen molar-refractivity contribution in [2.45, 2.75) is 6.18 Å². The van der Waals surface area contributed by atoms with Crippen molar-refractivity contribution in [2.24, 2.45) is 0 Å². The first-order chi connectivity index (χ1) is 13.2. The Morgan fingerprint density at radius 2 is 1.79 bits per heavy atom. The van der Waals surface area contributed by atoms with Gasteiger partial charge in [0.25, 0.3) is 0 Å². The Hall–Kier alpha value is -2.28. The summed E-state index contributed by atoms with van der Waals surface area (Å²) in [5.41, 5.74) is 0.0914. The first-order valence-corrected chi connectivity index (χ1v) is 9.41. The van der Waals surface area contributed by atoms with Crippen molar-refractivity contribution < 1.29 is 23.1 Å². The number of thiophene rings is 1. The second-order valence-corrected chi connectivity index (χ2v) is 7.58. The molecule has 1 heterocycles. The van der Waals surface area contributed by atoms with Crippen LogP contribution in [-0.4, -0.2) is 10.9 Å². The van der Waals surface area contributed by atoms with Crippen molar-refractivity contribution in [2.75, 3.05) is 0 Å². The molecule has 0 aliphatic heterocycles. The highest BCUT2D eigenvalue weighted by Gasteiger charge is 2.30. The van der Waals surface area contributed by atoms with E-state index in [1.807, 2.05) is 0 Å². The van der Waals surface area contributed by atoms with Crippen molar-refractivity contribution in [3.05, 3.63) is 80.7 Å². The molecule has 0 unspecified atom stereocenters. The number of alkyl halides is 3. The number of carbonyl (C=O) groups is 1. The van der Waals surface area contributed by atoms with Crippen molar-refractivity contribution in [3.8, 4) is 16.2 Å². The van der Waals surface area contributed by atoms with Crippen LogP contribution in [0.3, 0.4) is 0 Å². The van der Waals surface area contributed by atoms with Crippen LogP contribution in [0.1, 0.15) is 20.8 Å². The molecule has 0 saturated carbocycles. The molecular weight excluding hydrogens is 432 g/mol. The van der Waals surface area contributed by atoms with Gasteiger partial charge in [-0.2, -0.15) is 13.2 Å². The van der Waals surface area contributed by atoms with Crippen LogP contribution in [0, 0.1) is 0 Å². The SMILES string of the molecule is O=C(/C=C/c1ccc(O)c(Cl)c1Cl)c1ccc(-c2cccc(C(F)(F)F)c2)s1. The number of rotatable bonds is 4. The van der Waals surface area contributed by atoms with Crippen molar-refractivity contribution in [3.63, 3.8) is 0 Å². The highest BCUT2D eigenvalue weighted by molar-refractivity contribution is 7.17. The average molecular weight is 443 g/mol. The van der Waals surface area contributed by atoms with Crippen LogP contribution in [0.25, 0.3) is 16.5 Å². The standard InChI is InChI=1S/C20H11Cl2F3O2S/c21-18-11(5-7-15(27)19(18)22)4-6-14(26)17-9-8-16(28-17)12-2-1-3-13(10-12)20(23,24)25/h1-10,27H/b6-4+. The fourth-order valence-electron chi connectivity index (χ4n) is 2.40. The van der Waals surface area contributed by atoms with Gasteiger partial charge in [0.1, 0.15) is 10.8 Å². The minimum absolute atomic E-state index is 0.0146. The molecule has 144 valence electrons. The van der Waals surface area contributed by atoms with Crippen LogP contribution < -0.4 is 0 Å². The molecule has 2 aromatic carbocycles. The molecule has 1 aromatic heterocycles. The Labute approximate surface area is 172 Å². The molecule has 0 fully saturated rings. The number of hydrogen-bond donors (Lipinski definition) is 1. The minimum Gasteiger partial charge on any atom is -0.506 e. The molecule has 3 rings (SSSR count). The maximum Gasteiger partial charge on any atom is 0.416 e. The summed E-state index contributed by atoms with van der Waals surface area (Å²) in [7, 11) is 0. The van der Waals surface area contributed by atoms with Crippen molar-refractivity contribution in [1.82, 2.24) is 0 Å². The van der Waals surface area contributed by atoms with E-state index in [2.05, 4.69) is 0 Å². The van der Waals surface area contributed by atoms with Gasteiger partial charge in [-0.25, -0.2) is 0 Å². The van der Waals surface area contributed by atoms with E-state index in [0.717, 1.165) is 23.5 Å². The van der Waals surface area contributed by atoms with E-state index >= 15 is 0 Å². The fourth-order valence-corrected chi connectivity index (χ4v) is 3.72. The van der Waals surface area contributed by atoms with Gasteiger partial charge >= 0.3 is 6.18 Å². The number of carbonyl (C=O) groups excluding carboxylic acids is 1. The summed E-state index contributed by atoms with van der Waals surface area (Å²) in [4.78, 5) is 13.3. The fraction of sp³-hybridized carbons (Fsp3) is 0.0500. The molecule has 0 aliphatic carbocycles. The molecule has 0 saturated heterocycles. The van der Waals surface area contributed by atoms with Gasteiger partial charge in [0.15, 0.2) is 5.78 Å². The maximum atomic E-state index is 12.9. The lowest BCUT2D eigenvalue weighted by Gasteiger charge is -2.07. The zero-order chi connectivity index (χ0) is 20.5. The molecule has 0 radical (unpaired) electrons. The molecule has 8 heteroatoms. The van der Waals surface area contributed by atoms with E-state index in [9.17, 15) is 23.1 Å². The molecule has 1 N–H and O–H groups in total. The Bertz CT molecular complexity index is 1070. The van der Waals surface area contributed by atoms with Gasteiger partial charge in [0.05, 0.1) is 15.5 Å². The molecule has 0 spiro atoms. The summed E-state index contributed by atoms with van der Waals surface area (Å²) in [5, 5.41) is 9.58. The third-order valence-corrected chi connectivity index (χ3v) is 5.86. The van der Waals surface area contributed by atoms with E-state index < -0.39 is 11.7 Å². The first-order valence-electron chi connectivity index (χ1n) is 7.83. The molecular formula is C20H11Cl2F3O2S. The van der Waals surface area contributed by atoms with Gasteiger partial charge in [0, 0.05) is 4.88 Å². The molecule has 2 nitrogen and oxygen atoms in total. The topological polar surface area (TPSA) is 37.3 Å². The largest absolute Gasteiger partial charge is 0.506 e. The van der Waals surface area contributed by atoms with Gasteiger partial charge in [-0.15, -0.1) is 11.3 Å². The quantitative estimate of drug-likeness (QED) is 0.338. The Morgan fingerprint density at radius 1 is 1.04 bits per heavy atom. The smallest absolute Gasteiger partial charge is 0.416 e. The molecule has 28 heavy (non-hydrogen) atoms. The Balaban J connectivity index is 1.83. The van der Waals surface area contributed by atoms with E-state index in [4.69, 9.17) is 23.2 Å². The number of halogens is 5. The van der Waals surface area contributed by atoms with Crippen LogP contribution in [-0.2, 0) is 6.18 Å². The number of phenolic OH excluding ortho intramolecular Hbond substituents is 1. The molecule has 0 aliphatic rings. The highest BCUT2D eigenvalue weighted by Crippen LogP contribution is 2.36. The zero-order valence-corrected chi connectivity index (χ0v) is 16.3. The van der Waals surface area contributed by atoms with E-state index in [1.54, 1.807) is 18.2 Å². The summed E-state index contributed by atoms with van der Waals surface area (Å²) in [6, 6.07) is 11.0. The lowest BCUT2D eigenvalue weighted by atomic mass is 10.1. The van der Waals surface area contributed by atoms with Crippen LogP contribution in [0.2, 0.25) is 10.0 Å². The third kappa shape index (κ3) is 4.41. The van der Waals surface area contributed by atoms with Gasteiger partial charge in [-0.1, -0.05) is 35.3 Å². The predicted octanol–water partition coefficient (Wildman–Crippen LogP) is 7.34. The number of hydrogen-bond acceptors (Lipinski definition) is 3. The summed E-state index contributed by atoms with van der Waals surface area (Å²) in [6.07, 6.45) is -1.69. The van der Waals surface area contributed by atoms with Crippen molar-refractivity contribution >= 4 is 46.4 Å². The highest BCUT2D eigenvalue weighted by atomic mass is 35.5. The normalized spacial score (nSPS) is 11.9. The maximum absolute atomic E-state index is 12.9. The van der Waals surface area contributed by atoms with Gasteiger partial charge in [0.2, 0.25) is 0 Å². The first kappa shape index (κ1) is 20.5. The second kappa shape index (κ2) is 7.99. The molecule has 0 bridgehead atoms. The molecule has 3 aromatic rings. The number of aromatic hydroxyl groups is 1. The summed E-state index contributed by atoms with van der Waals surface area (Å²) < 4.78 is 38.6. The van der Waals surface area contributed by atoms with Gasteiger partial charge in [-0.05, 0) is 59.7 Å². The predicted molar refractivity (Wildman–Crippen MR) is 106 cm³/mol. The lowest BCUT2D eigenvalue weighted by Crippen LogP contribution is -2.04. The number of allylic oxidation sites excluding steroid dienone is 1. The average Bonchev–Trinajstić information content (AvgIpc) is 3.15. The third-order valence-electron chi connectivity index (χ3n) is 3.83. The Morgan fingerprint density at radius 3 is 2.50 bits per heavy atom. The van der Waals surface area contributed by atoms with E-state index in [-0.39, 0.29) is 21.6 Å². The van der Waals surface area contributed by atoms with Gasteiger partial charge in [-0.3, -0.25) is 4.79 Å². The zero-order valence-electron chi connectivity index (χ0n) is 13.9. The van der Waals surface area contributed by atoms with Crippen LogP contribution in [0.15, 0.2) is 54.6 Å². The Kier molecular flexibility index (Phi) is 5.84. The minimum atomic E-state index is -4.43. The number of phenols is 1. The van der Waals surface area contributed by atoms with Crippen LogP contribution in [0.5, 0.6) is 5.75 Å². The monoisotopic (exact) mass is 442 g/mol. The number of ketones is 1. The lowest BCUT2D eigenvalue weighted by molar-refractivity contribution is -0.137. The summed E-state index contributed by atoms with van der Waals surface area (Å²) >= 11 is 13.0. The number of benzene rings is 2. The van der Waals surface area contributed by atoms with E-state index in [0.29, 0.717) is 20.9 Å². The molecule has 0 atom stereocenters. The van der Waals surface area contributed by atoms with Crippen molar-refractivity contribution in [1.29, 1.82) is 0 Å². The van der Waals surface area contributed by atoms with E-state index in [1.165, 1.54) is 30.4 Å². The van der Waals surface area contributed by atoms with Crippen LogP contribution >= 0.6 is 34.5 Å². The van der Waals surface area contributed by atoms with Crippen LogP contribution in [0.4, 0.5) is 13.2 Å². The second-order valence-electron chi connectivity index (χ2n) is 5.74. The summed E-state index contributed by atoms with van der Waals surface area (Å²) in [6.45, 7) is 0. The molecule has 0 amide bonds.